The number of hydrogen-bond acceptors (Lipinski definition) is 7. The number of nitrogens with one attached hydrogen (secondary N) is 2. The van der Waals surface area contributed by atoms with E-state index in [1.54, 1.807) is 24.3 Å². The molecule has 3 aromatic carbocycles. The van der Waals surface area contributed by atoms with E-state index in [4.69, 9.17) is 21.4 Å². The highest BCUT2D eigenvalue weighted by Gasteiger charge is 2.36. The number of aryl methyl sites for hydroxylation is 1. The van der Waals surface area contributed by atoms with Crippen LogP contribution in [0, 0.1) is 12.3 Å². The van der Waals surface area contributed by atoms with E-state index in [0.29, 0.717) is 16.7 Å². The average Bonchev–Trinajstić information content (AvgIpc) is 3.31. The molecule has 15 heteroatoms. The zero-order valence-electron chi connectivity index (χ0n) is 22.1. The Bertz CT molecular complexity index is 1820. The van der Waals surface area contributed by atoms with E-state index in [0.717, 1.165) is 24.6 Å². The van der Waals surface area contributed by atoms with Crippen LogP contribution in [0.3, 0.4) is 0 Å². The number of rotatable bonds is 8. The first kappa shape index (κ1) is 31.6. The van der Waals surface area contributed by atoms with Crippen LogP contribution in [0.15, 0.2) is 87.3 Å². The van der Waals surface area contributed by atoms with E-state index >= 15 is 0 Å². The van der Waals surface area contributed by atoms with Crippen molar-refractivity contribution >= 4 is 32.8 Å². The standard InChI is InChI=1S/C28H20ClF6N3O4S/c1-15-38-24(25(41-15)16-6-9-19(10-7-16)42-28(33,34)35)21-13-18(17-4-3-5-20(12-17)43(2,39)40)8-11-23(21)37-14-22(29)26(36)27(30,31)32/h3-14,36-37H,1-2H3/b22-14+,36-26?. The smallest absolute Gasteiger partial charge is 0.440 e. The summed E-state index contributed by atoms with van der Waals surface area (Å²) in [5.74, 6) is -0.209. The van der Waals surface area contributed by atoms with Crippen molar-refractivity contribution in [3.05, 3.63) is 83.9 Å². The minimum atomic E-state index is -5.00. The molecule has 0 saturated carbocycles. The molecule has 226 valence electrons. The lowest BCUT2D eigenvalue weighted by molar-refractivity contribution is -0.274. The van der Waals surface area contributed by atoms with E-state index < -0.39 is 38.9 Å². The van der Waals surface area contributed by atoms with Gasteiger partial charge in [0.2, 0.25) is 0 Å². The van der Waals surface area contributed by atoms with Crippen LogP contribution in [0.25, 0.3) is 33.7 Å². The lowest BCUT2D eigenvalue weighted by Crippen LogP contribution is -2.22. The van der Waals surface area contributed by atoms with E-state index in [2.05, 4.69) is 15.0 Å². The molecule has 4 aromatic rings. The van der Waals surface area contributed by atoms with Crippen LogP contribution in [-0.2, 0) is 9.84 Å². The number of aromatic nitrogens is 1. The monoisotopic (exact) mass is 643 g/mol. The maximum atomic E-state index is 13.0. The number of hydrogen-bond donors (Lipinski definition) is 2. The molecule has 0 unspecified atom stereocenters. The van der Waals surface area contributed by atoms with Crippen LogP contribution in [0.1, 0.15) is 5.89 Å². The third-order valence-electron chi connectivity index (χ3n) is 5.83. The van der Waals surface area contributed by atoms with Gasteiger partial charge in [-0.1, -0.05) is 29.8 Å². The Morgan fingerprint density at radius 1 is 0.977 bits per heavy atom. The van der Waals surface area contributed by atoms with Gasteiger partial charge in [0.1, 0.15) is 11.4 Å². The Kier molecular flexibility index (Phi) is 8.65. The first-order valence-electron chi connectivity index (χ1n) is 12.0. The van der Waals surface area contributed by atoms with Gasteiger partial charge in [-0.3, -0.25) is 5.41 Å². The van der Waals surface area contributed by atoms with Gasteiger partial charge in [0.05, 0.1) is 9.93 Å². The summed E-state index contributed by atoms with van der Waals surface area (Å²) in [6.07, 6.45) is -8.07. The van der Waals surface area contributed by atoms with Crippen molar-refractivity contribution in [3.63, 3.8) is 0 Å². The highest BCUT2D eigenvalue weighted by atomic mass is 35.5. The van der Waals surface area contributed by atoms with Gasteiger partial charge in [0.15, 0.2) is 27.2 Å². The van der Waals surface area contributed by atoms with Crippen molar-refractivity contribution in [2.24, 2.45) is 0 Å². The maximum absolute atomic E-state index is 13.0. The third-order valence-corrected chi connectivity index (χ3v) is 7.24. The molecule has 2 N–H and O–H groups in total. The molecule has 0 amide bonds. The number of nitrogens with zero attached hydrogens (tertiary/aromatic N) is 1. The first-order valence-corrected chi connectivity index (χ1v) is 14.3. The minimum absolute atomic E-state index is 0.0493. The van der Waals surface area contributed by atoms with Crippen molar-refractivity contribution in [2.45, 2.75) is 24.4 Å². The van der Waals surface area contributed by atoms with Gasteiger partial charge in [-0.15, -0.1) is 13.2 Å². The number of allylic oxidation sites excluding steroid dienone is 1. The van der Waals surface area contributed by atoms with Crippen molar-refractivity contribution in [1.29, 1.82) is 5.41 Å². The molecule has 1 aromatic heterocycles. The van der Waals surface area contributed by atoms with Gasteiger partial charge in [-0.05, 0) is 59.7 Å². The molecule has 0 bridgehead atoms. The number of ether oxygens (including phenoxy) is 1. The van der Waals surface area contributed by atoms with Crippen LogP contribution in [0.4, 0.5) is 32.0 Å². The predicted molar refractivity (Wildman–Crippen MR) is 149 cm³/mol. The highest BCUT2D eigenvalue weighted by Crippen LogP contribution is 2.40. The number of oxazole rings is 1. The number of benzene rings is 3. The van der Waals surface area contributed by atoms with Gasteiger partial charge < -0.3 is 14.5 Å². The van der Waals surface area contributed by atoms with Gasteiger partial charge in [0.25, 0.3) is 0 Å². The Hall–Kier alpha value is -4.30. The molecule has 43 heavy (non-hydrogen) atoms. The normalized spacial score (nSPS) is 12.7. The summed E-state index contributed by atoms with van der Waals surface area (Å²) in [6, 6.07) is 15.4. The Balaban J connectivity index is 1.86. The number of alkyl halides is 6. The SMILES string of the molecule is Cc1nc(-c2cc(-c3cccc(S(C)(=O)=O)c3)ccc2N/C=C(/Cl)C(=N)C(F)(F)F)c(-c2ccc(OC(F)(F)F)cc2)o1. The van der Waals surface area contributed by atoms with Crippen LogP contribution < -0.4 is 10.1 Å². The van der Waals surface area contributed by atoms with Crippen LogP contribution >= 0.6 is 11.6 Å². The summed E-state index contributed by atoms with van der Waals surface area (Å²) in [4.78, 5) is 4.45. The molecule has 0 fully saturated rings. The fourth-order valence-electron chi connectivity index (χ4n) is 3.91. The zero-order chi connectivity index (χ0) is 31.7. The second kappa shape index (κ2) is 11.8. The Morgan fingerprint density at radius 3 is 2.21 bits per heavy atom. The molecule has 0 atom stereocenters. The summed E-state index contributed by atoms with van der Waals surface area (Å²) in [7, 11) is -3.55. The van der Waals surface area contributed by atoms with Gasteiger partial charge in [-0.25, -0.2) is 13.4 Å². The Morgan fingerprint density at radius 2 is 1.60 bits per heavy atom. The molecule has 0 aliphatic heterocycles. The molecule has 1 heterocycles. The second-order valence-electron chi connectivity index (χ2n) is 9.05. The largest absolute Gasteiger partial charge is 0.573 e. The minimum Gasteiger partial charge on any atom is -0.440 e. The zero-order valence-corrected chi connectivity index (χ0v) is 23.6. The molecular weight excluding hydrogens is 624 g/mol. The molecule has 7 nitrogen and oxygen atoms in total. The van der Waals surface area contributed by atoms with Gasteiger partial charge >= 0.3 is 12.5 Å². The van der Waals surface area contributed by atoms with Crippen molar-refractivity contribution in [2.75, 3.05) is 11.6 Å². The topological polar surface area (TPSA) is 105 Å². The van der Waals surface area contributed by atoms with Gasteiger partial charge in [-0.2, -0.15) is 13.2 Å². The molecule has 0 aliphatic carbocycles. The van der Waals surface area contributed by atoms with E-state index in [1.807, 2.05) is 0 Å². The second-order valence-corrected chi connectivity index (χ2v) is 11.5. The van der Waals surface area contributed by atoms with Crippen LogP contribution in [-0.4, -0.2) is 37.9 Å². The first-order chi connectivity index (χ1) is 19.9. The summed E-state index contributed by atoms with van der Waals surface area (Å²) in [6.45, 7) is 1.52. The molecule has 4 rings (SSSR count). The van der Waals surface area contributed by atoms with E-state index in [1.165, 1.54) is 37.3 Å². The lowest BCUT2D eigenvalue weighted by atomic mass is 9.98. The predicted octanol–water partition coefficient (Wildman–Crippen LogP) is 8.36. The number of halogens is 7. The molecule has 0 saturated heterocycles. The average molecular weight is 644 g/mol. The molecule has 0 spiro atoms. The fraction of sp³-hybridized carbons (Fsp3) is 0.143. The summed E-state index contributed by atoms with van der Waals surface area (Å²) in [5.41, 5.74) is 0.0699. The summed E-state index contributed by atoms with van der Waals surface area (Å²) >= 11 is 5.71. The number of anilines is 1. The van der Waals surface area contributed by atoms with Crippen LogP contribution in [0.5, 0.6) is 5.75 Å². The fourth-order valence-corrected chi connectivity index (χ4v) is 4.74. The quantitative estimate of drug-likeness (QED) is 0.148. The Labute approximate surface area is 246 Å². The van der Waals surface area contributed by atoms with E-state index in [-0.39, 0.29) is 33.5 Å². The van der Waals surface area contributed by atoms with E-state index in [9.17, 15) is 34.8 Å². The van der Waals surface area contributed by atoms with Crippen molar-refractivity contribution < 1.29 is 43.9 Å². The molecule has 0 aliphatic rings. The lowest BCUT2D eigenvalue weighted by Gasteiger charge is -2.14. The highest BCUT2D eigenvalue weighted by molar-refractivity contribution is 7.90. The van der Waals surface area contributed by atoms with Gasteiger partial charge in [0, 0.05) is 36.2 Å². The third kappa shape index (κ3) is 7.76. The van der Waals surface area contributed by atoms with Crippen molar-refractivity contribution in [1.82, 2.24) is 4.98 Å². The summed E-state index contributed by atoms with van der Waals surface area (Å²) in [5, 5.41) is 8.96. The van der Waals surface area contributed by atoms with Crippen LogP contribution in [0.2, 0.25) is 0 Å². The molecular formula is C28H20ClF6N3O4S. The maximum Gasteiger partial charge on any atom is 0.573 e. The molecule has 0 radical (unpaired) electrons. The summed E-state index contributed by atoms with van der Waals surface area (Å²) < 4.78 is 111. The number of sulfone groups is 1. The van der Waals surface area contributed by atoms with Crippen molar-refractivity contribution in [3.8, 4) is 39.5 Å².